The van der Waals surface area contributed by atoms with Crippen LogP contribution in [0.1, 0.15) is 36.4 Å². The molecule has 0 spiro atoms. The van der Waals surface area contributed by atoms with E-state index >= 15 is 0 Å². The van der Waals surface area contributed by atoms with E-state index in [9.17, 15) is 4.79 Å². The van der Waals surface area contributed by atoms with Crippen LogP contribution in [0.3, 0.4) is 0 Å². The Hall–Kier alpha value is -3.67. The average Bonchev–Trinajstić information content (AvgIpc) is 3.18. The van der Waals surface area contributed by atoms with Gasteiger partial charge in [0, 0.05) is 29.1 Å². The molecule has 0 saturated carbocycles. The number of aromatic nitrogens is 3. The number of nitrogens with zero attached hydrogens (tertiary/aromatic N) is 3. The van der Waals surface area contributed by atoms with Crippen LogP contribution in [0, 0.1) is 13.8 Å². The molecule has 1 N–H and O–H groups in total. The molecule has 0 unspecified atom stereocenters. The lowest BCUT2D eigenvalue weighted by Gasteiger charge is -2.07. The summed E-state index contributed by atoms with van der Waals surface area (Å²) in [5.41, 5.74) is 6.14. The number of nitrogens with one attached hydrogen (secondary N) is 1. The third-order valence-electron chi connectivity index (χ3n) is 5.02. The van der Waals surface area contributed by atoms with Crippen molar-refractivity contribution in [2.24, 2.45) is 0 Å². The Morgan fingerprint density at radius 3 is 2.38 bits per heavy atom. The van der Waals surface area contributed by atoms with Crippen molar-refractivity contribution in [2.45, 2.75) is 40.7 Å². The van der Waals surface area contributed by atoms with Crippen LogP contribution in [0.25, 0.3) is 16.9 Å². The van der Waals surface area contributed by atoms with Crippen molar-refractivity contribution >= 4 is 11.6 Å². The number of carbonyl (C=O) groups excluding carboxylic acids is 1. The molecule has 0 atom stereocenters. The number of aryl methyl sites for hydroxylation is 2. The highest BCUT2D eigenvalue weighted by Gasteiger charge is 2.20. The highest BCUT2D eigenvalue weighted by Crippen LogP contribution is 2.28. The SMILES string of the molecule is CC.COc1ccc(-c2nn3c(C)cc(C)nc3c2CC(=O)NCc2ccccc2)cc1. The molecule has 4 rings (SSSR count). The van der Waals surface area contributed by atoms with E-state index in [-0.39, 0.29) is 12.3 Å². The van der Waals surface area contributed by atoms with E-state index in [1.54, 1.807) is 7.11 Å². The Bertz CT molecular complexity index is 1180. The first-order valence-corrected chi connectivity index (χ1v) is 10.9. The molecule has 6 nitrogen and oxygen atoms in total. The van der Waals surface area contributed by atoms with Crippen molar-refractivity contribution in [3.63, 3.8) is 0 Å². The summed E-state index contributed by atoms with van der Waals surface area (Å²) in [7, 11) is 1.64. The zero-order chi connectivity index (χ0) is 23.1. The summed E-state index contributed by atoms with van der Waals surface area (Å²) in [6, 6.07) is 19.5. The minimum atomic E-state index is -0.0653. The number of carbonyl (C=O) groups is 1. The van der Waals surface area contributed by atoms with Crippen LogP contribution in [0.4, 0.5) is 0 Å². The molecule has 0 radical (unpaired) electrons. The van der Waals surface area contributed by atoms with Gasteiger partial charge < -0.3 is 10.1 Å². The molecule has 0 fully saturated rings. The molecule has 0 aliphatic heterocycles. The molecular weight excluding hydrogens is 400 g/mol. The molecule has 166 valence electrons. The highest BCUT2D eigenvalue weighted by molar-refractivity contribution is 5.84. The molecule has 0 bridgehead atoms. The monoisotopic (exact) mass is 430 g/mol. The van der Waals surface area contributed by atoms with Crippen LogP contribution in [0.5, 0.6) is 5.75 Å². The second-order valence-electron chi connectivity index (χ2n) is 7.27. The summed E-state index contributed by atoms with van der Waals surface area (Å²) in [5.74, 6) is 0.708. The lowest BCUT2D eigenvalue weighted by Crippen LogP contribution is -2.24. The number of benzene rings is 2. The second-order valence-corrected chi connectivity index (χ2v) is 7.27. The maximum absolute atomic E-state index is 12.8. The van der Waals surface area contributed by atoms with Gasteiger partial charge in [0.05, 0.1) is 19.2 Å². The Kier molecular flexibility index (Phi) is 7.60. The molecule has 4 aromatic rings. The minimum Gasteiger partial charge on any atom is -0.497 e. The van der Waals surface area contributed by atoms with Crippen LogP contribution < -0.4 is 10.1 Å². The van der Waals surface area contributed by atoms with Gasteiger partial charge in [-0.05, 0) is 49.7 Å². The van der Waals surface area contributed by atoms with E-state index in [0.29, 0.717) is 12.2 Å². The van der Waals surface area contributed by atoms with Gasteiger partial charge in [-0.1, -0.05) is 44.2 Å². The van der Waals surface area contributed by atoms with Gasteiger partial charge in [0.15, 0.2) is 5.65 Å². The molecule has 32 heavy (non-hydrogen) atoms. The minimum absolute atomic E-state index is 0.0653. The molecule has 2 heterocycles. The van der Waals surface area contributed by atoms with Crippen molar-refractivity contribution in [1.29, 1.82) is 0 Å². The number of hydrogen-bond donors (Lipinski definition) is 1. The van der Waals surface area contributed by atoms with Gasteiger partial charge in [0.1, 0.15) is 5.75 Å². The van der Waals surface area contributed by atoms with Gasteiger partial charge in [-0.25, -0.2) is 9.50 Å². The van der Waals surface area contributed by atoms with E-state index in [4.69, 9.17) is 9.84 Å². The Morgan fingerprint density at radius 1 is 1.03 bits per heavy atom. The number of rotatable bonds is 6. The maximum Gasteiger partial charge on any atom is 0.224 e. The molecular formula is C26H30N4O2. The molecule has 6 heteroatoms. The third-order valence-corrected chi connectivity index (χ3v) is 5.02. The van der Waals surface area contributed by atoms with Crippen molar-refractivity contribution in [1.82, 2.24) is 19.9 Å². The number of fused-ring (bicyclic) bond motifs is 1. The van der Waals surface area contributed by atoms with Crippen molar-refractivity contribution < 1.29 is 9.53 Å². The fraction of sp³-hybridized carbons (Fsp3) is 0.269. The maximum atomic E-state index is 12.8. The van der Waals surface area contributed by atoms with Crippen LogP contribution in [-0.2, 0) is 17.8 Å². The lowest BCUT2D eigenvalue weighted by atomic mass is 10.0. The fourth-order valence-corrected chi connectivity index (χ4v) is 3.53. The lowest BCUT2D eigenvalue weighted by molar-refractivity contribution is -0.120. The van der Waals surface area contributed by atoms with E-state index < -0.39 is 0 Å². The number of hydrogen-bond acceptors (Lipinski definition) is 4. The summed E-state index contributed by atoms with van der Waals surface area (Å²) in [5, 5.41) is 7.79. The first-order chi connectivity index (χ1) is 15.5. The molecule has 2 aromatic carbocycles. The van der Waals surface area contributed by atoms with Crippen molar-refractivity contribution in [3.8, 4) is 17.0 Å². The Labute approximate surface area is 189 Å². The van der Waals surface area contributed by atoms with E-state index in [2.05, 4.69) is 10.3 Å². The van der Waals surface area contributed by atoms with Crippen LogP contribution in [0.2, 0.25) is 0 Å². The summed E-state index contributed by atoms with van der Waals surface area (Å²) in [4.78, 5) is 17.5. The predicted molar refractivity (Wildman–Crippen MR) is 128 cm³/mol. The number of amides is 1. The molecule has 2 aromatic heterocycles. The van der Waals surface area contributed by atoms with E-state index in [1.807, 2.05) is 92.9 Å². The smallest absolute Gasteiger partial charge is 0.224 e. The Balaban J connectivity index is 0.00000141. The Morgan fingerprint density at radius 2 is 1.72 bits per heavy atom. The molecule has 1 amide bonds. The first kappa shape index (κ1) is 23.0. The zero-order valence-electron chi connectivity index (χ0n) is 19.3. The number of ether oxygens (including phenoxy) is 1. The van der Waals surface area contributed by atoms with Gasteiger partial charge in [0.25, 0.3) is 0 Å². The largest absolute Gasteiger partial charge is 0.497 e. The quantitative estimate of drug-likeness (QED) is 0.472. The molecule has 0 saturated heterocycles. The third kappa shape index (κ3) is 5.14. The van der Waals surface area contributed by atoms with Crippen LogP contribution in [-0.4, -0.2) is 27.6 Å². The molecule has 0 aliphatic rings. The summed E-state index contributed by atoms with van der Waals surface area (Å²) in [6.07, 6.45) is 0.202. The summed E-state index contributed by atoms with van der Waals surface area (Å²) >= 11 is 0. The average molecular weight is 431 g/mol. The summed E-state index contributed by atoms with van der Waals surface area (Å²) in [6.45, 7) is 8.43. The highest BCUT2D eigenvalue weighted by atomic mass is 16.5. The van der Waals surface area contributed by atoms with Gasteiger partial charge >= 0.3 is 0 Å². The topological polar surface area (TPSA) is 68.5 Å². The first-order valence-electron chi connectivity index (χ1n) is 10.9. The van der Waals surface area contributed by atoms with E-state index in [0.717, 1.165) is 39.5 Å². The second kappa shape index (κ2) is 10.6. The van der Waals surface area contributed by atoms with Crippen LogP contribution in [0.15, 0.2) is 60.7 Å². The molecule has 0 aliphatic carbocycles. The fourth-order valence-electron chi connectivity index (χ4n) is 3.53. The van der Waals surface area contributed by atoms with Crippen molar-refractivity contribution in [3.05, 3.63) is 83.2 Å². The van der Waals surface area contributed by atoms with Gasteiger partial charge in [-0.2, -0.15) is 5.10 Å². The van der Waals surface area contributed by atoms with Crippen molar-refractivity contribution in [2.75, 3.05) is 7.11 Å². The standard InChI is InChI=1S/C24H24N4O2.C2H6/c1-16-13-17(2)28-24(26-16)21(14-22(29)25-15-18-7-5-4-6-8-18)23(27-28)19-9-11-20(30-3)12-10-19;1-2/h4-13H,14-15H2,1-3H3,(H,25,29);1-2H3. The normalized spacial score (nSPS) is 10.4. The van der Waals surface area contributed by atoms with Gasteiger partial charge in [-0.3, -0.25) is 4.79 Å². The van der Waals surface area contributed by atoms with Gasteiger partial charge in [-0.15, -0.1) is 0 Å². The predicted octanol–water partition coefficient (Wildman–Crippen LogP) is 4.91. The number of methoxy groups -OCH3 is 1. The zero-order valence-corrected chi connectivity index (χ0v) is 19.3. The van der Waals surface area contributed by atoms with E-state index in [1.165, 1.54) is 0 Å². The van der Waals surface area contributed by atoms with Crippen LogP contribution >= 0.6 is 0 Å². The van der Waals surface area contributed by atoms with Gasteiger partial charge in [0.2, 0.25) is 5.91 Å². The summed E-state index contributed by atoms with van der Waals surface area (Å²) < 4.78 is 7.08.